The monoisotopic (exact) mass is 180 g/mol. The van der Waals surface area contributed by atoms with Crippen LogP contribution in [0.5, 0.6) is 0 Å². The average molecular weight is 180 g/mol. The Bertz CT molecular complexity index is 237. The van der Waals surface area contributed by atoms with Crippen LogP contribution in [0.15, 0.2) is 18.5 Å². The Morgan fingerprint density at radius 2 is 2.08 bits per heavy atom. The molecule has 0 aromatic carbocycles. The van der Waals surface area contributed by atoms with Crippen LogP contribution in [0.25, 0.3) is 0 Å². The molecule has 0 unspecified atom stereocenters. The summed E-state index contributed by atoms with van der Waals surface area (Å²) in [7, 11) is 0. The van der Waals surface area contributed by atoms with Gasteiger partial charge in [-0.2, -0.15) is 5.10 Å². The number of aliphatic hydroxyl groups is 1. The lowest BCUT2D eigenvalue weighted by molar-refractivity contribution is 0.165. The fraction of sp³-hybridized carbons (Fsp3) is 0.700. The summed E-state index contributed by atoms with van der Waals surface area (Å²) in [5.41, 5.74) is 0. The number of hydrogen-bond donors (Lipinski definition) is 1. The number of hydrogen-bond acceptors (Lipinski definition) is 2. The molecule has 3 nitrogen and oxygen atoms in total. The molecule has 2 rings (SSSR count). The molecule has 3 heteroatoms. The van der Waals surface area contributed by atoms with E-state index in [-0.39, 0.29) is 0 Å². The van der Waals surface area contributed by atoms with E-state index < -0.39 is 0 Å². The molecule has 0 bridgehead atoms. The molecular weight excluding hydrogens is 164 g/mol. The van der Waals surface area contributed by atoms with Crippen molar-refractivity contribution in [1.29, 1.82) is 0 Å². The molecule has 1 saturated carbocycles. The van der Waals surface area contributed by atoms with Crippen LogP contribution in [0.3, 0.4) is 0 Å². The lowest BCUT2D eigenvalue weighted by Crippen LogP contribution is -2.20. The molecule has 1 heterocycles. The van der Waals surface area contributed by atoms with Gasteiger partial charge in [-0.05, 0) is 37.7 Å². The van der Waals surface area contributed by atoms with Gasteiger partial charge in [0.05, 0.1) is 6.04 Å². The smallest absolute Gasteiger partial charge is 0.0519 e. The van der Waals surface area contributed by atoms with Crippen molar-refractivity contribution in [2.45, 2.75) is 31.7 Å². The summed E-state index contributed by atoms with van der Waals surface area (Å²) in [6.07, 6.45) is 8.46. The van der Waals surface area contributed by atoms with Crippen molar-refractivity contribution >= 4 is 0 Å². The molecule has 1 aliphatic rings. The lowest BCUT2D eigenvalue weighted by atomic mass is 9.87. The third-order valence-corrected chi connectivity index (χ3v) is 2.97. The van der Waals surface area contributed by atoms with Gasteiger partial charge in [0.2, 0.25) is 0 Å². The molecule has 0 radical (unpaired) electrons. The van der Waals surface area contributed by atoms with Gasteiger partial charge < -0.3 is 5.11 Å². The Labute approximate surface area is 78.4 Å². The molecule has 1 aromatic rings. The number of aliphatic hydroxyl groups excluding tert-OH is 1. The first-order valence-electron chi connectivity index (χ1n) is 5.00. The predicted molar refractivity (Wildman–Crippen MR) is 50.3 cm³/mol. The minimum atomic E-state index is 0.353. The zero-order valence-corrected chi connectivity index (χ0v) is 7.76. The first-order valence-corrected chi connectivity index (χ1v) is 5.00. The summed E-state index contributed by atoms with van der Waals surface area (Å²) in [5, 5.41) is 13.2. The molecule has 0 amide bonds. The Morgan fingerprint density at radius 3 is 2.62 bits per heavy atom. The van der Waals surface area contributed by atoms with Gasteiger partial charge in [0.15, 0.2) is 0 Å². The van der Waals surface area contributed by atoms with E-state index in [1.807, 2.05) is 23.1 Å². The van der Waals surface area contributed by atoms with Crippen LogP contribution in [-0.4, -0.2) is 21.5 Å². The average Bonchev–Trinajstić information content (AvgIpc) is 2.71. The van der Waals surface area contributed by atoms with Crippen molar-refractivity contribution in [2.24, 2.45) is 5.92 Å². The number of nitrogens with zero attached hydrogens (tertiary/aromatic N) is 2. The van der Waals surface area contributed by atoms with Gasteiger partial charge in [0.1, 0.15) is 0 Å². The van der Waals surface area contributed by atoms with E-state index in [1.54, 1.807) is 0 Å². The highest BCUT2D eigenvalue weighted by molar-refractivity contribution is 4.84. The fourth-order valence-corrected chi connectivity index (χ4v) is 2.09. The second-order valence-corrected chi connectivity index (χ2v) is 3.84. The Hall–Kier alpha value is -0.830. The molecule has 0 spiro atoms. The van der Waals surface area contributed by atoms with Crippen molar-refractivity contribution in [1.82, 2.24) is 9.78 Å². The molecule has 13 heavy (non-hydrogen) atoms. The summed E-state index contributed by atoms with van der Waals surface area (Å²) in [5.74, 6) is 0.534. The second-order valence-electron chi connectivity index (χ2n) is 3.84. The van der Waals surface area contributed by atoms with Crippen molar-refractivity contribution in [3.63, 3.8) is 0 Å². The van der Waals surface area contributed by atoms with Crippen LogP contribution in [-0.2, 0) is 0 Å². The van der Waals surface area contributed by atoms with Crippen molar-refractivity contribution < 1.29 is 5.11 Å². The highest BCUT2D eigenvalue weighted by atomic mass is 16.3. The lowest BCUT2D eigenvalue weighted by Gasteiger charge is -2.27. The van der Waals surface area contributed by atoms with E-state index in [4.69, 9.17) is 5.11 Å². The molecule has 1 aliphatic carbocycles. The van der Waals surface area contributed by atoms with Crippen molar-refractivity contribution in [3.05, 3.63) is 18.5 Å². The molecule has 1 aromatic heterocycles. The van der Waals surface area contributed by atoms with Gasteiger partial charge in [-0.15, -0.1) is 0 Å². The van der Waals surface area contributed by atoms with E-state index in [2.05, 4.69) is 5.10 Å². The van der Waals surface area contributed by atoms with E-state index in [0.717, 1.165) is 25.7 Å². The highest BCUT2D eigenvalue weighted by Crippen LogP contribution is 2.30. The normalized spacial score (nSPS) is 29.0. The summed E-state index contributed by atoms with van der Waals surface area (Å²) < 4.78 is 2.05. The second kappa shape index (κ2) is 3.92. The van der Waals surface area contributed by atoms with Gasteiger partial charge in [0, 0.05) is 19.0 Å². The first kappa shape index (κ1) is 8.75. The number of aromatic nitrogens is 2. The van der Waals surface area contributed by atoms with E-state index in [0.29, 0.717) is 18.6 Å². The highest BCUT2D eigenvalue weighted by Gasteiger charge is 2.21. The topological polar surface area (TPSA) is 38.0 Å². The van der Waals surface area contributed by atoms with Crippen LogP contribution in [0.4, 0.5) is 0 Å². The molecular formula is C10H16N2O. The van der Waals surface area contributed by atoms with Crippen molar-refractivity contribution in [3.8, 4) is 0 Å². The zero-order chi connectivity index (χ0) is 9.10. The Balaban J connectivity index is 1.92. The van der Waals surface area contributed by atoms with Crippen LogP contribution >= 0.6 is 0 Å². The van der Waals surface area contributed by atoms with E-state index in [1.165, 1.54) is 0 Å². The summed E-state index contributed by atoms with van der Waals surface area (Å²) >= 11 is 0. The van der Waals surface area contributed by atoms with E-state index >= 15 is 0 Å². The third-order valence-electron chi connectivity index (χ3n) is 2.97. The molecule has 0 aliphatic heterocycles. The van der Waals surface area contributed by atoms with Gasteiger partial charge in [-0.25, -0.2) is 0 Å². The minimum Gasteiger partial charge on any atom is -0.396 e. The summed E-state index contributed by atoms with van der Waals surface area (Å²) in [6.45, 7) is 0.353. The van der Waals surface area contributed by atoms with Gasteiger partial charge >= 0.3 is 0 Å². The standard InChI is InChI=1S/C10H16N2O/c13-8-9-2-4-10(5-3-9)12-7-1-6-11-12/h1,6-7,9-10,13H,2-5,8H2. The quantitative estimate of drug-likeness (QED) is 0.750. The maximum absolute atomic E-state index is 8.99. The molecule has 72 valence electrons. The number of rotatable bonds is 2. The maximum atomic E-state index is 8.99. The van der Waals surface area contributed by atoms with Crippen LogP contribution in [0.2, 0.25) is 0 Å². The van der Waals surface area contributed by atoms with Gasteiger partial charge in [-0.3, -0.25) is 4.68 Å². The minimum absolute atomic E-state index is 0.353. The van der Waals surface area contributed by atoms with Crippen LogP contribution in [0, 0.1) is 5.92 Å². The largest absolute Gasteiger partial charge is 0.396 e. The third kappa shape index (κ3) is 1.91. The fourth-order valence-electron chi connectivity index (χ4n) is 2.09. The zero-order valence-electron chi connectivity index (χ0n) is 7.76. The van der Waals surface area contributed by atoms with Gasteiger partial charge in [-0.1, -0.05) is 0 Å². The SMILES string of the molecule is OCC1CCC(n2cccn2)CC1. The molecule has 1 fully saturated rings. The molecule has 0 atom stereocenters. The first-order chi connectivity index (χ1) is 6.40. The van der Waals surface area contributed by atoms with E-state index in [9.17, 15) is 0 Å². The van der Waals surface area contributed by atoms with Crippen LogP contribution in [0.1, 0.15) is 31.7 Å². The Morgan fingerprint density at radius 1 is 1.31 bits per heavy atom. The Kier molecular flexibility index (Phi) is 2.64. The molecule has 0 saturated heterocycles. The maximum Gasteiger partial charge on any atom is 0.0519 e. The van der Waals surface area contributed by atoms with Crippen molar-refractivity contribution in [2.75, 3.05) is 6.61 Å². The van der Waals surface area contributed by atoms with Crippen LogP contribution < -0.4 is 0 Å². The summed E-state index contributed by atoms with van der Waals surface area (Å²) in [6, 6.07) is 2.54. The predicted octanol–water partition coefficient (Wildman–Crippen LogP) is 1.61. The van der Waals surface area contributed by atoms with Gasteiger partial charge in [0.25, 0.3) is 0 Å². The summed E-state index contributed by atoms with van der Waals surface area (Å²) in [4.78, 5) is 0. The molecule has 1 N–H and O–H groups in total.